The van der Waals surface area contributed by atoms with E-state index in [2.05, 4.69) is 20.3 Å². The topological polar surface area (TPSA) is 90.5 Å². The van der Waals surface area contributed by atoms with Crippen molar-refractivity contribution in [1.29, 1.82) is 0 Å². The molecule has 1 aliphatic heterocycles. The van der Waals surface area contributed by atoms with Crippen molar-refractivity contribution >= 4 is 21.7 Å². The van der Waals surface area contributed by atoms with Crippen molar-refractivity contribution in [3.63, 3.8) is 0 Å². The Kier molecular flexibility index (Phi) is 7.09. The van der Waals surface area contributed by atoms with Crippen molar-refractivity contribution in [2.75, 3.05) is 31.5 Å². The van der Waals surface area contributed by atoms with Gasteiger partial charge in [0.1, 0.15) is 0 Å². The highest BCUT2D eigenvalue weighted by molar-refractivity contribution is 7.89. The lowest BCUT2D eigenvalue weighted by atomic mass is 10.1. The summed E-state index contributed by atoms with van der Waals surface area (Å²) in [5, 5.41) is 5.60. The molecule has 3 rings (SSSR count). The van der Waals surface area contributed by atoms with E-state index in [0.717, 1.165) is 45.3 Å². The maximum absolute atomic E-state index is 12.4. The Morgan fingerprint density at radius 1 is 1.00 bits per heavy atom. The lowest BCUT2D eigenvalue weighted by Gasteiger charge is -2.26. The number of rotatable bonds is 7. The lowest BCUT2D eigenvalue weighted by Crippen LogP contribution is -2.39. The normalized spacial score (nSPS) is 19.1. The van der Waals surface area contributed by atoms with E-state index in [1.807, 2.05) is 0 Å². The summed E-state index contributed by atoms with van der Waals surface area (Å²) < 4.78 is 27.6. The molecule has 7 nitrogen and oxygen atoms in total. The van der Waals surface area contributed by atoms with E-state index in [9.17, 15) is 13.2 Å². The molecule has 2 fully saturated rings. The van der Waals surface area contributed by atoms with Crippen LogP contribution in [0.15, 0.2) is 29.2 Å². The molecule has 3 N–H and O–H groups in total. The number of carbonyl (C=O) groups is 1. The predicted octanol–water partition coefficient (Wildman–Crippen LogP) is 2.51. The van der Waals surface area contributed by atoms with Gasteiger partial charge in [0, 0.05) is 24.8 Å². The molecule has 1 heterocycles. The Morgan fingerprint density at radius 3 is 2.33 bits per heavy atom. The Bertz CT molecular complexity index is 709. The third-order valence-corrected chi connectivity index (χ3v) is 6.80. The molecular weight excluding hydrogens is 364 g/mol. The van der Waals surface area contributed by atoms with Crippen LogP contribution in [0, 0.1) is 0 Å². The second-order valence-corrected chi connectivity index (χ2v) is 9.12. The fourth-order valence-corrected chi connectivity index (χ4v) is 5.04. The highest BCUT2D eigenvalue weighted by Gasteiger charge is 2.22. The van der Waals surface area contributed by atoms with Crippen LogP contribution in [0.1, 0.15) is 44.9 Å². The summed E-state index contributed by atoms with van der Waals surface area (Å²) in [5.74, 6) is 0. The van der Waals surface area contributed by atoms with Gasteiger partial charge in [-0.2, -0.15) is 0 Å². The molecular formula is C19H30N4O3S. The number of hydrogen-bond donors (Lipinski definition) is 3. The van der Waals surface area contributed by atoms with Gasteiger partial charge in [-0.05, 0) is 63.0 Å². The summed E-state index contributed by atoms with van der Waals surface area (Å²) in [6, 6.07) is 6.06. The minimum Gasteiger partial charge on any atom is -0.337 e. The Labute approximate surface area is 161 Å². The molecule has 1 aromatic rings. The molecule has 0 unspecified atom stereocenters. The van der Waals surface area contributed by atoms with Crippen LogP contribution in [0.4, 0.5) is 10.5 Å². The van der Waals surface area contributed by atoms with Gasteiger partial charge in [0.25, 0.3) is 0 Å². The number of hydrogen-bond acceptors (Lipinski definition) is 4. The highest BCUT2D eigenvalue weighted by atomic mass is 32.2. The summed E-state index contributed by atoms with van der Waals surface area (Å²) in [6.07, 6.45) is 7.71. The first-order valence-corrected chi connectivity index (χ1v) is 11.4. The van der Waals surface area contributed by atoms with Crippen LogP contribution in [0.2, 0.25) is 0 Å². The van der Waals surface area contributed by atoms with Crippen molar-refractivity contribution in [3.8, 4) is 0 Å². The van der Waals surface area contributed by atoms with E-state index < -0.39 is 10.0 Å². The molecule has 0 spiro atoms. The summed E-state index contributed by atoms with van der Waals surface area (Å²) in [5.41, 5.74) is 0.574. The number of nitrogens with zero attached hydrogens (tertiary/aromatic N) is 1. The number of sulfonamides is 1. The van der Waals surface area contributed by atoms with Gasteiger partial charge >= 0.3 is 6.03 Å². The van der Waals surface area contributed by atoms with Crippen molar-refractivity contribution in [2.45, 2.75) is 55.9 Å². The number of amides is 2. The van der Waals surface area contributed by atoms with Gasteiger partial charge in [-0.25, -0.2) is 17.9 Å². The number of urea groups is 1. The first kappa shape index (κ1) is 20.1. The summed E-state index contributed by atoms with van der Waals surface area (Å²) in [6.45, 7) is 3.67. The number of anilines is 1. The number of carbonyl (C=O) groups excluding carboxylic acids is 1. The number of likely N-dealkylation sites (tertiary alicyclic amines) is 1. The van der Waals surface area contributed by atoms with Gasteiger partial charge in [-0.1, -0.05) is 19.3 Å². The maximum atomic E-state index is 12.4. The summed E-state index contributed by atoms with van der Waals surface area (Å²) in [7, 11) is -3.50. The van der Waals surface area contributed by atoms with Crippen LogP contribution in [0.5, 0.6) is 0 Å². The smallest absolute Gasteiger partial charge is 0.319 e. The standard InChI is InChI=1S/C19H30N4O3S/c24-19(20-12-15-23-13-4-1-5-14-23)21-16-8-10-18(11-9-16)27(25,26)22-17-6-2-3-7-17/h8-11,17,22H,1-7,12-15H2,(H2,20,21,24). The zero-order chi connectivity index (χ0) is 19.1. The SMILES string of the molecule is O=C(NCCN1CCCCC1)Nc1ccc(S(=O)(=O)NC2CCCC2)cc1. The minimum atomic E-state index is -3.50. The Balaban J connectivity index is 1.44. The van der Waals surface area contributed by atoms with Crippen molar-refractivity contribution < 1.29 is 13.2 Å². The number of piperidine rings is 1. The lowest BCUT2D eigenvalue weighted by molar-refractivity contribution is 0.224. The molecule has 150 valence electrons. The van der Waals surface area contributed by atoms with Crippen molar-refractivity contribution in [1.82, 2.24) is 14.9 Å². The summed E-state index contributed by atoms with van der Waals surface area (Å²) in [4.78, 5) is 14.6. The first-order valence-electron chi connectivity index (χ1n) is 9.92. The zero-order valence-electron chi connectivity index (χ0n) is 15.7. The van der Waals surface area contributed by atoms with E-state index in [1.54, 1.807) is 12.1 Å². The average Bonchev–Trinajstić information content (AvgIpc) is 3.15. The molecule has 0 radical (unpaired) electrons. The van der Waals surface area contributed by atoms with Crippen LogP contribution in [0.25, 0.3) is 0 Å². The number of nitrogens with one attached hydrogen (secondary N) is 3. The van der Waals surface area contributed by atoms with Crippen LogP contribution in [-0.4, -0.2) is 51.6 Å². The highest BCUT2D eigenvalue weighted by Crippen LogP contribution is 2.21. The van der Waals surface area contributed by atoms with Gasteiger partial charge in [-0.3, -0.25) is 0 Å². The minimum absolute atomic E-state index is 0.0403. The second kappa shape index (κ2) is 9.52. The predicted molar refractivity (Wildman–Crippen MR) is 106 cm³/mol. The quantitative estimate of drug-likeness (QED) is 0.663. The van der Waals surface area contributed by atoms with E-state index in [4.69, 9.17) is 0 Å². The molecule has 2 aliphatic rings. The van der Waals surface area contributed by atoms with Crippen molar-refractivity contribution in [3.05, 3.63) is 24.3 Å². The van der Waals surface area contributed by atoms with Gasteiger partial charge in [0.2, 0.25) is 10.0 Å². The van der Waals surface area contributed by atoms with Crippen LogP contribution in [-0.2, 0) is 10.0 Å². The molecule has 1 aromatic carbocycles. The van der Waals surface area contributed by atoms with E-state index in [0.29, 0.717) is 12.2 Å². The van der Waals surface area contributed by atoms with Gasteiger partial charge in [-0.15, -0.1) is 0 Å². The molecule has 0 aromatic heterocycles. The average molecular weight is 395 g/mol. The first-order chi connectivity index (χ1) is 13.0. The fourth-order valence-electron chi connectivity index (χ4n) is 3.73. The van der Waals surface area contributed by atoms with Crippen LogP contribution >= 0.6 is 0 Å². The number of benzene rings is 1. The van der Waals surface area contributed by atoms with Crippen LogP contribution in [0.3, 0.4) is 0 Å². The largest absolute Gasteiger partial charge is 0.337 e. The van der Waals surface area contributed by atoms with Crippen molar-refractivity contribution in [2.24, 2.45) is 0 Å². The fraction of sp³-hybridized carbons (Fsp3) is 0.632. The molecule has 0 atom stereocenters. The molecule has 0 bridgehead atoms. The van der Waals surface area contributed by atoms with E-state index >= 15 is 0 Å². The zero-order valence-corrected chi connectivity index (χ0v) is 16.6. The maximum Gasteiger partial charge on any atom is 0.319 e. The molecule has 2 amide bonds. The molecule has 27 heavy (non-hydrogen) atoms. The molecule has 8 heteroatoms. The van der Waals surface area contributed by atoms with Crippen LogP contribution < -0.4 is 15.4 Å². The monoisotopic (exact) mass is 394 g/mol. The molecule has 1 saturated carbocycles. The van der Waals surface area contributed by atoms with Gasteiger partial charge in [0.05, 0.1) is 4.90 Å². The van der Waals surface area contributed by atoms with Gasteiger partial charge in [0.15, 0.2) is 0 Å². The molecule has 1 saturated heterocycles. The van der Waals surface area contributed by atoms with E-state index in [1.165, 1.54) is 31.4 Å². The Morgan fingerprint density at radius 2 is 1.67 bits per heavy atom. The third kappa shape index (κ3) is 6.19. The van der Waals surface area contributed by atoms with Gasteiger partial charge < -0.3 is 15.5 Å². The van der Waals surface area contributed by atoms with E-state index in [-0.39, 0.29) is 17.0 Å². The molecule has 1 aliphatic carbocycles. The summed E-state index contributed by atoms with van der Waals surface area (Å²) >= 11 is 0. The Hall–Kier alpha value is -1.64. The second-order valence-electron chi connectivity index (χ2n) is 7.41. The third-order valence-electron chi connectivity index (χ3n) is 5.26.